The van der Waals surface area contributed by atoms with Crippen molar-refractivity contribution in [3.05, 3.63) is 73.0 Å². The van der Waals surface area contributed by atoms with E-state index in [0.29, 0.717) is 11.8 Å². The number of furan rings is 1. The summed E-state index contributed by atoms with van der Waals surface area (Å²) in [6.07, 6.45) is 7.49. The largest absolute Gasteiger partial charge is 0.461 e. The van der Waals surface area contributed by atoms with Crippen LogP contribution in [-0.4, -0.2) is 26.4 Å². The predicted molar refractivity (Wildman–Crippen MR) is 131 cm³/mol. The van der Waals surface area contributed by atoms with Gasteiger partial charge in [0.25, 0.3) is 0 Å². The van der Waals surface area contributed by atoms with Crippen molar-refractivity contribution in [2.75, 3.05) is 11.1 Å². The van der Waals surface area contributed by atoms with Crippen LogP contribution >= 0.6 is 11.8 Å². The molecule has 0 aliphatic heterocycles. The molecular formula is C26H26N4O2S. The van der Waals surface area contributed by atoms with Gasteiger partial charge in [0.2, 0.25) is 11.7 Å². The summed E-state index contributed by atoms with van der Waals surface area (Å²) >= 11 is 1.42. The average molecular weight is 459 g/mol. The molecule has 33 heavy (non-hydrogen) atoms. The summed E-state index contributed by atoms with van der Waals surface area (Å²) < 4.78 is 7.79. The maximum atomic E-state index is 12.9. The first kappa shape index (κ1) is 21.5. The Hall–Kier alpha value is -3.32. The normalized spacial score (nSPS) is 14.3. The van der Waals surface area contributed by atoms with Crippen molar-refractivity contribution in [3.8, 4) is 22.7 Å². The van der Waals surface area contributed by atoms with Gasteiger partial charge in [0.1, 0.15) is 0 Å². The molecule has 0 unspecified atom stereocenters. The van der Waals surface area contributed by atoms with Crippen molar-refractivity contribution in [1.29, 1.82) is 0 Å². The van der Waals surface area contributed by atoms with Crippen LogP contribution in [0.25, 0.3) is 22.7 Å². The molecular weight excluding hydrogens is 432 g/mol. The summed E-state index contributed by atoms with van der Waals surface area (Å²) in [4.78, 5) is 12.9. The molecule has 1 amide bonds. The minimum absolute atomic E-state index is 0.0684. The molecule has 0 atom stereocenters. The van der Waals surface area contributed by atoms with Crippen molar-refractivity contribution < 1.29 is 9.21 Å². The third kappa shape index (κ3) is 4.88. The minimum atomic E-state index is -0.0684. The van der Waals surface area contributed by atoms with Crippen molar-refractivity contribution in [3.63, 3.8) is 0 Å². The zero-order chi connectivity index (χ0) is 22.5. The number of amides is 1. The third-order valence-corrected chi connectivity index (χ3v) is 6.91. The van der Waals surface area contributed by atoms with E-state index in [-0.39, 0.29) is 11.7 Å². The van der Waals surface area contributed by atoms with Crippen LogP contribution in [0.3, 0.4) is 0 Å². The fourth-order valence-corrected chi connectivity index (χ4v) is 5.20. The van der Waals surface area contributed by atoms with Gasteiger partial charge in [0.15, 0.2) is 10.9 Å². The smallest absolute Gasteiger partial charge is 0.234 e. The summed E-state index contributed by atoms with van der Waals surface area (Å²) in [5.41, 5.74) is 2.88. The third-order valence-electron chi connectivity index (χ3n) is 5.96. The summed E-state index contributed by atoms with van der Waals surface area (Å²) in [5.74, 6) is 1.64. The van der Waals surface area contributed by atoms with Crippen molar-refractivity contribution in [1.82, 2.24) is 14.8 Å². The molecule has 6 nitrogen and oxygen atoms in total. The number of hydrogen-bond acceptors (Lipinski definition) is 5. The molecule has 7 heteroatoms. The average Bonchev–Trinajstić information content (AvgIpc) is 3.54. The van der Waals surface area contributed by atoms with Gasteiger partial charge in [-0.25, -0.2) is 0 Å². The van der Waals surface area contributed by atoms with E-state index in [2.05, 4.69) is 20.1 Å². The predicted octanol–water partition coefficient (Wildman–Crippen LogP) is 6.44. The SMILES string of the molecule is O=C(CSc1nnc(-c2ccco2)n1C1CCCCC1)Nc1ccccc1-c1ccccc1. The Morgan fingerprint density at radius 2 is 1.76 bits per heavy atom. The van der Waals surface area contributed by atoms with Crippen LogP contribution in [0.15, 0.2) is 82.6 Å². The molecule has 1 N–H and O–H groups in total. The van der Waals surface area contributed by atoms with Gasteiger partial charge in [-0.15, -0.1) is 10.2 Å². The molecule has 1 fully saturated rings. The van der Waals surface area contributed by atoms with Gasteiger partial charge >= 0.3 is 0 Å². The van der Waals surface area contributed by atoms with E-state index in [0.717, 1.165) is 40.6 Å². The van der Waals surface area contributed by atoms with E-state index in [1.54, 1.807) is 6.26 Å². The fourth-order valence-electron chi connectivity index (χ4n) is 4.40. The zero-order valence-electron chi connectivity index (χ0n) is 18.3. The van der Waals surface area contributed by atoms with Gasteiger partial charge in [0.05, 0.1) is 12.0 Å². The number of carbonyl (C=O) groups excluding carboxylic acids is 1. The second kappa shape index (κ2) is 10.1. The minimum Gasteiger partial charge on any atom is -0.461 e. The fraction of sp³-hybridized carbons (Fsp3) is 0.269. The van der Waals surface area contributed by atoms with Gasteiger partial charge in [-0.1, -0.05) is 79.6 Å². The number of benzene rings is 2. The lowest BCUT2D eigenvalue weighted by atomic mass is 9.95. The highest BCUT2D eigenvalue weighted by molar-refractivity contribution is 7.99. The number of thioether (sulfide) groups is 1. The van der Waals surface area contributed by atoms with Crippen LogP contribution < -0.4 is 5.32 Å². The van der Waals surface area contributed by atoms with E-state index < -0.39 is 0 Å². The Labute approximate surface area is 197 Å². The Morgan fingerprint density at radius 1 is 0.970 bits per heavy atom. The first-order valence-corrected chi connectivity index (χ1v) is 12.3. The van der Waals surface area contributed by atoms with Gasteiger partial charge in [-0.2, -0.15) is 0 Å². The maximum absolute atomic E-state index is 12.9. The van der Waals surface area contributed by atoms with Gasteiger partial charge in [-0.05, 0) is 36.6 Å². The number of nitrogens with one attached hydrogen (secondary N) is 1. The number of nitrogens with zero attached hydrogens (tertiary/aromatic N) is 3. The number of rotatable bonds is 7. The lowest BCUT2D eigenvalue weighted by Gasteiger charge is -2.25. The van der Waals surface area contributed by atoms with E-state index in [4.69, 9.17) is 4.42 Å². The monoisotopic (exact) mass is 458 g/mol. The summed E-state index contributed by atoms with van der Waals surface area (Å²) in [5, 5.41) is 12.7. The Morgan fingerprint density at radius 3 is 2.55 bits per heavy atom. The van der Waals surface area contributed by atoms with Gasteiger partial charge in [0, 0.05) is 17.3 Å². The Balaban J connectivity index is 1.33. The second-order valence-corrected chi connectivity index (χ2v) is 9.14. The molecule has 2 aromatic heterocycles. The molecule has 1 aliphatic rings. The van der Waals surface area contributed by atoms with E-state index in [1.165, 1.54) is 31.0 Å². The quantitative estimate of drug-likeness (QED) is 0.323. The van der Waals surface area contributed by atoms with Crippen LogP contribution in [0.2, 0.25) is 0 Å². The van der Waals surface area contributed by atoms with E-state index in [9.17, 15) is 4.79 Å². The van der Waals surface area contributed by atoms with Crippen LogP contribution in [0.4, 0.5) is 5.69 Å². The van der Waals surface area contributed by atoms with Gasteiger partial charge < -0.3 is 9.73 Å². The van der Waals surface area contributed by atoms with Crippen LogP contribution in [0, 0.1) is 0 Å². The molecule has 2 aromatic carbocycles. The molecule has 168 valence electrons. The molecule has 0 bridgehead atoms. The highest BCUT2D eigenvalue weighted by Gasteiger charge is 2.25. The van der Waals surface area contributed by atoms with Gasteiger partial charge in [-0.3, -0.25) is 9.36 Å². The number of anilines is 1. The van der Waals surface area contributed by atoms with E-state index in [1.807, 2.05) is 66.7 Å². The molecule has 0 spiro atoms. The standard InChI is InChI=1S/C26H26N4O2S/c31-24(27-22-15-8-7-14-21(22)19-10-3-1-4-11-19)18-33-26-29-28-25(23-16-9-17-32-23)30(26)20-12-5-2-6-13-20/h1,3-4,7-11,14-17,20H,2,5-6,12-13,18H2,(H,27,31). The number of hydrogen-bond donors (Lipinski definition) is 1. The Bertz CT molecular complexity index is 1200. The lowest BCUT2D eigenvalue weighted by Crippen LogP contribution is -2.17. The molecule has 0 radical (unpaired) electrons. The zero-order valence-corrected chi connectivity index (χ0v) is 19.1. The number of aromatic nitrogens is 3. The maximum Gasteiger partial charge on any atom is 0.234 e. The van der Waals surface area contributed by atoms with E-state index >= 15 is 0 Å². The highest BCUT2D eigenvalue weighted by atomic mass is 32.2. The summed E-state index contributed by atoms with van der Waals surface area (Å²) in [6, 6.07) is 22.0. The summed E-state index contributed by atoms with van der Waals surface area (Å²) in [7, 11) is 0. The first-order valence-electron chi connectivity index (χ1n) is 11.4. The molecule has 5 rings (SSSR count). The summed E-state index contributed by atoms with van der Waals surface area (Å²) in [6.45, 7) is 0. The van der Waals surface area contributed by atoms with Crippen molar-refractivity contribution >= 4 is 23.4 Å². The highest BCUT2D eigenvalue weighted by Crippen LogP contribution is 2.36. The second-order valence-electron chi connectivity index (χ2n) is 8.19. The number of carbonyl (C=O) groups is 1. The van der Waals surface area contributed by atoms with Crippen LogP contribution in [0.5, 0.6) is 0 Å². The van der Waals surface area contributed by atoms with Crippen LogP contribution in [-0.2, 0) is 4.79 Å². The topological polar surface area (TPSA) is 73.0 Å². The number of para-hydroxylation sites is 1. The molecule has 1 saturated carbocycles. The molecule has 4 aromatic rings. The Kier molecular flexibility index (Phi) is 6.58. The molecule has 2 heterocycles. The van der Waals surface area contributed by atoms with Crippen molar-refractivity contribution in [2.24, 2.45) is 0 Å². The molecule has 0 saturated heterocycles. The molecule has 1 aliphatic carbocycles. The van der Waals surface area contributed by atoms with Crippen LogP contribution in [0.1, 0.15) is 38.1 Å². The lowest BCUT2D eigenvalue weighted by molar-refractivity contribution is -0.113. The van der Waals surface area contributed by atoms with Crippen molar-refractivity contribution in [2.45, 2.75) is 43.3 Å². The first-order chi connectivity index (χ1) is 16.3.